The van der Waals surface area contributed by atoms with Crippen LogP contribution >= 0.6 is 12.4 Å². The molecule has 1 heterocycles. The van der Waals surface area contributed by atoms with E-state index in [-0.39, 0.29) is 24.1 Å². The monoisotopic (exact) mass is 394 g/mol. The van der Waals surface area contributed by atoms with Gasteiger partial charge in [-0.15, -0.1) is 12.4 Å². The fraction of sp³-hybridized carbons (Fsp3) is 0.350. The van der Waals surface area contributed by atoms with Crippen LogP contribution in [0.1, 0.15) is 12.8 Å². The normalized spacial score (nSPS) is 15.5. The third-order valence-corrected chi connectivity index (χ3v) is 4.61. The Balaban J connectivity index is 0.00000261. The van der Waals surface area contributed by atoms with Crippen molar-refractivity contribution in [1.82, 2.24) is 5.32 Å². The molecule has 2 aromatic rings. The Hall–Kier alpha value is -2.15. The number of benzene rings is 2. The minimum atomic E-state index is -0.503. The van der Waals surface area contributed by atoms with E-state index in [0.717, 1.165) is 25.9 Å². The predicted molar refractivity (Wildman–Crippen MR) is 105 cm³/mol. The number of nitrogens with one attached hydrogen (secondary N) is 2. The largest absolute Gasteiger partial charge is 0.457 e. The first-order chi connectivity index (χ1) is 12.6. The summed E-state index contributed by atoms with van der Waals surface area (Å²) in [6.45, 7) is 2.01. The molecule has 1 amide bonds. The Morgan fingerprint density at radius 2 is 1.85 bits per heavy atom. The molecule has 5 nitrogen and oxygen atoms in total. The van der Waals surface area contributed by atoms with Gasteiger partial charge in [-0.05, 0) is 62.3 Å². The number of anilines is 1. The lowest BCUT2D eigenvalue weighted by Gasteiger charge is -2.35. The predicted octanol–water partition coefficient (Wildman–Crippen LogP) is 3.99. The zero-order chi connectivity index (χ0) is 18.4. The molecule has 0 aromatic heterocycles. The second-order valence-corrected chi connectivity index (χ2v) is 6.50. The molecule has 1 saturated heterocycles. The molecule has 0 saturated carbocycles. The average molecular weight is 395 g/mol. The van der Waals surface area contributed by atoms with Gasteiger partial charge in [0.2, 0.25) is 5.91 Å². The van der Waals surface area contributed by atoms with Crippen molar-refractivity contribution < 1.29 is 18.7 Å². The number of rotatable bonds is 6. The Morgan fingerprint density at radius 3 is 2.48 bits per heavy atom. The lowest BCUT2D eigenvalue weighted by Crippen LogP contribution is -2.47. The number of carbonyl (C=O) groups is 1. The first kappa shape index (κ1) is 21.2. The molecule has 0 spiro atoms. The van der Waals surface area contributed by atoms with Crippen LogP contribution in [-0.2, 0) is 9.53 Å². The van der Waals surface area contributed by atoms with Crippen molar-refractivity contribution in [2.45, 2.75) is 12.8 Å². The van der Waals surface area contributed by atoms with Crippen molar-refractivity contribution in [3.63, 3.8) is 0 Å². The van der Waals surface area contributed by atoms with Gasteiger partial charge < -0.3 is 20.1 Å². The second-order valence-electron chi connectivity index (χ2n) is 6.50. The summed E-state index contributed by atoms with van der Waals surface area (Å²) in [7, 11) is 1.62. The zero-order valence-electron chi connectivity index (χ0n) is 15.2. The highest BCUT2D eigenvalue weighted by molar-refractivity contribution is 5.95. The van der Waals surface area contributed by atoms with Crippen LogP contribution in [0.4, 0.5) is 10.1 Å². The van der Waals surface area contributed by atoms with Crippen LogP contribution < -0.4 is 15.4 Å². The maximum absolute atomic E-state index is 13.2. The number of piperidine rings is 1. The fourth-order valence-corrected chi connectivity index (χ4v) is 3.16. The average Bonchev–Trinajstić information content (AvgIpc) is 2.64. The van der Waals surface area contributed by atoms with Crippen molar-refractivity contribution in [3.05, 3.63) is 54.3 Å². The van der Waals surface area contributed by atoms with Gasteiger partial charge in [0, 0.05) is 18.9 Å². The molecular weight excluding hydrogens is 371 g/mol. The van der Waals surface area contributed by atoms with Crippen LogP contribution in [0.15, 0.2) is 48.5 Å². The molecule has 7 heteroatoms. The van der Waals surface area contributed by atoms with E-state index in [1.54, 1.807) is 43.5 Å². The molecule has 0 radical (unpaired) electrons. The molecule has 1 aliphatic rings. The lowest BCUT2D eigenvalue weighted by molar-refractivity contribution is -0.130. The van der Waals surface area contributed by atoms with E-state index in [2.05, 4.69) is 10.6 Å². The van der Waals surface area contributed by atoms with Crippen LogP contribution in [0.5, 0.6) is 11.5 Å². The van der Waals surface area contributed by atoms with E-state index in [0.29, 0.717) is 23.8 Å². The molecule has 2 N–H and O–H groups in total. The van der Waals surface area contributed by atoms with Crippen LogP contribution in [0.3, 0.4) is 0 Å². The van der Waals surface area contributed by atoms with E-state index >= 15 is 0 Å². The topological polar surface area (TPSA) is 59.6 Å². The highest BCUT2D eigenvalue weighted by atomic mass is 35.5. The molecule has 3 rings (SSSR count). The SMILES string of the molecule is COCC1(C(=O)Nc2ccc(Oc3cccc(F)c3)cc2)CCNCC1.Cl. The van der Waals surface area contributed by atoms with Gasteiger partial charge in [-0.2, -0.15) is 0 Å². The van der Waals surface area contributed by atoms with Crippen molar-refractivity contribution >= 4 is 24.0 Å². The van der Waals surface area contributed by atoms with E-state index in [1.807, 2.05) is 0 Å². The summed E-state index contributed by atoms with van der Waals surface area (Å²) < 4.78 is 24.1. The van der Waals surface area contributed by atoms with Gasteiger partial charge in [0.15, 0.2) is 0 Å². The van der Waals surface area contributed by atoms with Gasteiger partial charge in [0.05, 0.1) is 12.0 Å². The minimum Gasteiger partial charge on any atom is -0.457 e. The number of hydrogen-bond acceptors (Lipinski definition) is 4. The Labute approximate surface area is 164 Å². The number of ether oxygens (including phenoxy) is 2. The third kappa shape index (κ3) is 5.42. The summed E-state index contributed by atoms with van der Waals surface area (Å²) >= 11 is 0. The molecule has 0 bridgehead atoms. The summed E-state index contributed by atoms with van der Waals surface area (Å²) in [5.41, 5.74) is 0.187. The first-order valence-corrected chi connectivity index (χ1v) is 8.66. The number of carbonyl (C=O) groups excluding carboxylic acids is 1. The van der Waals surface area contributed by atoms with Gasteiger partial charge in [-0.3, -0.25) is 4.79 Å². The Morgan fingerprint density at radius 1 is 1.15 bits per heavy atom. The van der Waals surface area contributed by atoms with Gasteiger partial charge >= 0.3 is 0 Å². The van der Waals surface area contributed by atoms with Crippen LogP contribution in [-0.4, -0.2) is 32.7 Å². The highest BCUT2D eigenvalue weighted by Crippen LogP contribution is 2.31. The van der Waals surface area contributed by atoms with E-state index in [4.69, 9.17) is 9.47 Å². The summed E-state index contributed by atoms with van der Waals surface area (Å²) in [6, 6.07) is 13.0. The quantitative estimate of drug-likeness (QED) is 0.777. The minimum absolute atomic E-state index is 0. The second kappa shape index (κ2) is 9.69. The van der Waals surface area contributed by atoms with Crippen molar-refractivity contribution in [2.75, 3.05) is 32.1 Å². The number of amides is 1. The molecule has 0 aliphatic carbocycles. The van der Waals surface area contributed by atoms with Crippen LogP contribution in [0.25, 0.3) is 0 Å². The Kier molecular flexibility index (Phi) is 7.59. The summed E-state index contributed by atoms with van der Waals surface area (Å²) in [4.78, 5) is 12.8. The lowest BCUT2D eigenvalue weighted by atomic mass is 9.78. The molecule has 2 aromatic carbocycles. The molecular formula is C20H24ClFN2O3. The molecule has 0 unspecified atom stereocenters. The van der Waals surface area contributed by atoms with Crippen LogP contribution in [0, 0.1) is 11.2 Å². The summed E-state index contributed by atoms with van der Waals surface area (Å²) in [5.74, 6) is 0.619. The van der Waals surface area contributed by atoms with E-state index in [1.165, 1.54) is 12.1 Å². The molecule has 1 fully saturated rings. The smallest absolute Gasteiger partial charge is 0.233 e. The van der Waals surface area contributed by atoms with Gasteiger partial charge in [-0.1, -0.05) is 6.07 Å². The third-order valence-electron chi connectivity index (χ3n) is 4.61. The molecule has 0 atom stereocenters. The molecule has 1 aliphatic heterocycles. The maximum atomic E-state index is 13.2. The zero-order valence-corrected chi connectivity index (χ0v) is 16.0. The van der Waals surface area contributed by atoms with Crippen molar-refractivity contribution in [3.8, 4) is 11.5 Å². The first-order valence-electron chi connectivity index (χ1n) is 8.66. The maximum Gasteiger partial charge on any atom is 0.233 e. The van der Waals surface area contributed by atoms with Crippen molar-refractivity contribution in [2.24, 2.45) is 5.41 Å². The summed E-state index contributed by atoms with van der Waals surface area (Å²) in [6.07, 6.45) is 1.49. The standard InChI is InChI=1S/C20H23FN2O3.ClH/c1-25-14-20(9-11-22-12-10-20)19(24)23-16-5-7-17(8-6-16)26-18-4-2-3-15(21)13-18;/h2-8,13,22H,9-12,14H2,1H3,(H,23,24);1H. The van der Waals surface area contributed by atoms with E-state index in [9.17, 15) is 9.18 Å². The molecule has 27 heavy (non-hydrogen) atoms. The van der Waals surface area contributed by atoms with Gasteiger partial charge in [-0.25, -0.2) is 4.39 Å². The summed E-state index contributed by atoms with van der Waals surface area (Å²) in [5, 5.41) is 6.25. The molecule has 146 valence electrons. The van der Waals surface area contributed by atoms with Gasteiger partial charge in [0.1, 0.15) is 17.3 Å². The number of halogens is 2. The Bertz CT molecular complexity index is 744. The number of hydrogen-bond donors (Lipinski definition) is 2. The van der Waals surface area contributed by atoms with Crippen molar-refractivity contribution in [1.29, 1.82) is 0 Å². The number of methoxy groups -OCH3 is 1. The van der Waals surface area contributed by atoms with Crippen LogP contribution in [0.2, 0.25) is 0 Å². The van der Waals surface area contributed by atoms with E-state index < -0.39 is 5.41 Å². The van der Waals surface area contributed by atoms with Gasteiger partial charge in [0.25, 0.3) is 0 Å². The highest BCUT2D eigenvalue weighted by Gasteiger charge is 2.39. The fourth-order valence-electron chi connectivity index (χ4n) is 3.16.